The van der Waals surface area contributed by atoms with Gasteiger partial charge < -0.3 is 15.2 Å². The largest absolute Gasteiger partial charge is 0.418 e. The lowest BCUT2D eigenvalue weighted by Gasteiger charge is -2.19. The number of thioether (sulfide) groups is 1. The molecule has 0 atom stereocenters. The second kappa shape index (κ2) is 9.92. The van der Waals surface area contributed by atoms with E-state index >= 15 is 0 Å². The number of hydrogen-bond donors (Lipinski definition) is 1. The Morgan fingerprint density at radius 2 is 2.06 bits per heavy atom. The van der Waals surface area contributed by atoms with E-state index in [0.717, 1.165) is 23.1 Å². The summed E-state index contributed by atoms with van der Waals surface area (Å²) >= 11 is 2.63. The first-order valence-electron chi connectivity index (χ1n) is 9.79. The van der Waals surface area contributed by atoms with Crippen molar-refractivity contribution in [3.63, 3.8) is 0 Å². The van der Waals surface area contributed by atoms with Crippen molar-refractivity contribution in [2.45, 2.75) is 25.0 Å². The molecule has 32 heavy (non-hydrogen) atoms. The molecule has 0 aliphatic carbocycles. The van der Waals surface area contributed by atoms with E-state index in [2.05, 4.69) is 20.4 Å². The summed E-state index contributed by atoms with van der Waals surface area (Å²) in [5, 5.41) is 18.3. The molecule has 0 radical (unpaired) electrons. The van der Waals surface area contributed by atoms with Gasteiger partial charge >= 0.3 is 0 Å². The minimum absolute atomic E-state index is 0.0819. The van der Waals surface area contributed by atoms with Crippen LogP contribution >= 0.6 is 23.1 Å². The number of hydrogen-bond acceptors (Lipinski definition) is 9. The molecule has 0 aliphatic rings. The fourth-order valence-electron chi connectivity index (χ4n) is 2.96. The molecule has 0 aliphatic heterocycles. The smallest absolute Gasteiger partial charge is 0.257 e. The van der Waals surface area contributed by atoms with Gasteiger partial charge in [0.25, 0.3) is 5.89 Å². The van der Waals surface area contributed by atoms with Gasteiger partial charge in [-0.05, 0) is 30.0 Å². The van der Waals surface area contributed by atoms with E-state index in [0.29, 0.717) is 23.5 Å². The number of rotatable bonds is 9. The highest BCUT2D eigenvalue weighted by atomic mass is 32.2. The molecule has 0 saturated carbocycles. The van der Waals surface area contributed by atoms with E-state index < -0.39 is 5.82 Å². The van der Waals surface area contributed by atoms with Crippen LogP contribution in [0.2, 0.25) is 0 Å². The van der Waals surface area contributed by atoms with E-state index in [1.54, 1.807) is 23.1 Å². The summed E-state index contributed by atoms with van der Waals surface area (Å²) in [6.45, 7) is 2.73. The molecule has 0 saturated heterocycles. The highest BCUT2D eigenvalue weighted by Gasteiger charge is 2.20. The molecule has 12 heteroatoms. The Morgan fingerprint density at radius 1 is 1.22 bits per heavy atom. The van der Waals surface area contributed by atoms with Crippen LogP contribution in [0.5, 0.6) is 0 Å². The maximum absolute atomic E-state index is 14.0. The van der Waals surface area contributed by atoms with E-state index in [4.69, 9.17) is 10.3 Å². The normalized spacial score (nSPS) is 11.1. The van der Waals surface area contributed by atoms with Gasteiger partial charge in [0.1, 0.15) is 5.82 Å². The van der Waals surface area contributed by atoms with Gasteiger partial charge in [0.05, 0.1) is 22.7 Å². The van der Waals surface area contributed by atoms with Crippen molar-refractivity contribution in [2.75, 3.05) is 18.1 Å². The molecular formula is C20H20FN7O2S2. The molecule has 0 fully saturated rings. The van der Waals surface area contributed by atoms with Gasteiger partial charge in [-0.3, -0.25) is 4.79 Å². The van der Waals surface area contributed by atoms with Crippen molar-refractivity contribution in [3.05, 3.63) is 53.5 Å². The van der Waals surface area contributed by atoms with Crippen molar-refractivity contribution in [2.24, 2.45) is 0 Å². The number of nitrogen functional groups attached to an aromatic ring is 1. The zero-order valence-electron chi connectivity index (χ0n) is 17.1. The summed E-state index contributed by atoms with van der Waals surface area (Å²) < 4.78 is 20.9. The second-order valence-electron chi connectivity index (χ2n) is 6.74. The molecule has 0 spiro atoms. The summed E-state index contributed by atoms with van der Waals surface area (Å²) in [6.07, 6.45) is 0.771. The van der Waals surface area contributed by atoms with Crippen LogP contribution in [0, 0.1) is 5.82 Å². The zero-order valence-corrected chi connectivity index (χ0v) is 18.8. The lowest BCUT2D eigenvalue weighted by molar-refractivity contribution is -0.129. The molecule has 166 valence electrons. The number of carbonyl (C=O) groups is 1. The number of carbonyl (C=O) groups excluding carboxylic acids is 1. The van der Waals surface area contributed by atoms with Crippen LogP contribution < -0.4 is 5.84 Å². The molecule has 4 aromatic rings. The number of thiophene rings is 1. The van der Waals surface area contributed by atoms with Crippen LogP contribution in [0.4, 0.5) is 4.39 Å². The average molecular weight is 474 g/mol. The zero-order chi connectivity index (χ0) is 22.5. The Morgan fingerprint density at radius 3 is 2.81 bits per heavy atom. The maximum atomic E-state index is 14.0. The van der Waals surface area contributed by atoms with E-state index in [-0.39, 0.29) is 29.6 Å². The number of benzene rings is 1. The number of amides is 1. The number of aromatic nitrogens is 5. The van der Waals surface area contributed by atoms with Crippen LogP contribution in [-0.4, -0.2) is 48.2 Å². The fourth-order valence-corrected chi connectivity index (χ4v) is 4.37. The molecule has 3 heterocycles. The highest BCUT2D eigenvalue weighted by Crippen LogP contribution is 2.25. The van der Waals surface area contributed by atoms with Crippen LogP contribution in [0.25, 0.3) is 22.2 Å². The minimum Gasteiger partial charge on any atom is -0.418 e. The first-order chi connectivity index (χ1) is 15.6. The van der Waals surface area contributed by atoms with Crippen LogP contribution in [0.15, 0.2) is 51.4 Å². The van der Waals surface area contributed by atoms with Crippen molar-refractivity contribution >= 4 is 29.0 Å². The molecule has 4 rings (SSSR count). The average Bonchev–Trinajstić information content (AvgIpc) is 3.54. The number of nitrogens with two attached hydrogens (primary N) is 1. The third-order valence-electron chi connectivity index (χ3n) is 4.48. The second-order valence-corrected chi connectivity index (χ2v) is 8.63. The number of nitrogens with zero attached hydrogens (tertiary/aromatic N) is 6. The van der Waals surface area contributed by atoms with Gasteiger partial charge in [-0.1, -0.05) is 36.9 Å². The minimum atomic E-state index is -0.449. The van der Waals surface area contributed by atoms with Crippen LogP contribution in [-0.2, 0) is 11.3 Å². The summed E-state index contributed by atoms with van der Waals surface area (Å²) in [7, 11) is 0. The molecule has 1 amide bonds. The molecule has 0 bridgehead atoms. The Bertz CT molecular complexity index is 1190. The third-order valence-corrected chi connectivity index (χ3v) is 6.26. The first kappa shape index (κ1) is 22.0. The van der Waals surface area contributed by atoms with E-state index in [1.807, 2.05) is 24.4 Å². The van der Waals surface area contributed by atoms with Gasteiger partial charge in [-0.15, -0.1) is 31.7 Å². The third kappa shape index (κ3) is 4.81. The van der Waals surface area contributed by atoms with Gasteiger partial charge in [0, 0.05) is 6.54 Å². The predicted molar refractivity (Wildman–Crippen MR) is 120 cm³/mol. The van der Waals surface area contributed by atoms with Gasteiger partial charge in [0.15, 0.2) is 5.82 Å². The standard InChI is InChI=1S/C20H20FN7O2S2/c1-2-9-27(11-16-23-25-19(30-16)15-8-5-10-31-15)17(29)12-32-20-26-24-18(28(20)22)13-6-3-4-7-14(13)21/h3-8,10H,2,9,11-12,22H2,1H3. The van der Waals surface area contributed by atoms with Crippen molar-refractivity contribution in [3.8, 4) is 22.2 Å². The van der Waals surface area contributed by atoms with E-state index in [9.17, 15) is 9.18 Å². The number of halogens is 1. The molecule has 9 nitrogen and oxygen atoms in total. The van der Waals surface area contributed by atoms with Crippen molar-refractivity contribution in [1.82, 2.24) is 30.0 Å². The van der Waals surface area contributed by atoms with Gasteiger partial charge in [0.2, 0.25) is 17.0 Å². The summed E-state index contributed by atoms with van der Waals surface area (Å²) in [4.78, 5) is 15.4. The van der Waals surface area contributed by atoms with Crippen LogP contribution in [0.1, 0.15) is 19.2 Å². The highest BCUT2D eigenvalue weighted by molar-refractivity contribution is 7.99. The summed E-state index contributed by atoms with van der Waals surface area (Å²) in [5.74, 6) is 6.53. The Kier molecular flexibility index (Phi) is 6.81. The molecule has 1 aromatic carbocycles. The lowest BCUT2D eigenvalue weighted by Crippen LogP contribution is -2.33. The molecule has 2 N–H and O–H groups in total. The quantitative estimate of drug-likeness (QED) is 0.290. The van der Waals surface area contributed by atoms with Crippen molar-refractivity contribution < 1.29 is 13.6 Å². The predicted octanol–water partition coefficient (Wildman–Crippen LogP) is 3.44. The molecule has 0 unspecified atom stereocenters. The topological polar surface area (TPSA) is 116 Å². The van der Waals surface area contributed by atoms with Gasteiger partial charge in [-0.2, -0.15) is 0 Å². The molecule has 3 aromatic heterocycles. The van der Waals surface area contributed by atoms with Crippen LogP contribution in [0.3, 0.4) is 0 Å². The fraction of sp³-hybridized carbons (Fsp3) is 0.250. The Hall–Kier alpha value is -3.25. The lowest BCUT2D eigenvalue weighted by atomic mass is 10.2. The van der Waals surface area contributed by atoms with E-state index in [1.165, 1.54) is 22.1 Å². The van der Waals surface area contributed by atoms with Gasteiger partial charge in [-0.25, -0.2) is 9.07 Å². The maximum Gasteiger partial charge on any atom is 0.257 e. The Labute approximate surface area is 191 Å². The SMILES string of the molecule is CCCN(Cc1nnc(-c2cccs2)o1)C(=O)CSc1nnc(-c2ccccc2F)n1N. The summed E-state index contributed by atoms with van der Waals surface area (Å²) in [6, 6.07) is 9.96. The molecular weight excluding hydrogens is 453 g/mol. The monoisotopic (exact) mass is 473 g/mol. The van der Waals surface area contributed by atoms with Crippen molar-refractivity contribution in [1.29, 1.82) is 0 Å². The summed E-state index contributed by atoms with van der Waals surface area (Å²) in [5.41, 5.74) is 0.242. The first-order valence-corrected chi connectivity index (χ1v) is 11.7. The Balaban J connectivity index is 1.41.